The number of carbonyl (C=O) groups excluding carboxylic acids is 2. The molecule has 0 radical (unpaired) electrons. The van der Waals surface area contributed by atoms with E-state index in [2.05, 4.69) is 5.11 Å². The lowest BCUT2D eigenvalue weighted by atomic mass is 10.2. The third-order valence-corrected chi connectivity index (χ3v) is 3.46. The molecular weight excluding hydrogens is 272 g/mol. The fourth-order valence-corrected chi connectivity index (χ4v) is 2.32. The fraction of sp³-hybridized carbons (Fsp3) is 0.429. The zero-order valence-corrected chi connectivity index (χ0v) is 11.7. The Bertz CT molecular complexity index is 559. The maximum absolute atomic E-state index is 11.3. The number of amides is 2. The molecule has 0 saturated carbocycles. The Balaban J connectivity index is 1.64. The van der Waals surface area contributed by atoms with Gasteiger partial charge >= 0.3 is 0 Å². The Morgan fingerprint density at radius 3 is 2.24 bits per heavy atom. The van der Waals surface area contributed by atoms with Crippen LogP contribution in [-0.2, 0) is 16.1 Å². The molecule has 1 aliphatic heterocycles. The number of imide groups is 1. The minimum Gasteiger partial charge on any atom is -0.494 e. The molecule has 2 rings (SSSR count). The van der Waals surface area contributed by atoms with E-state index in [-0.39, 0.29) is 17.7 Å². The van der Waals surface area contributed by atoms with Crippen LogP contribution >= 0.6 is 0 Å². The Kier molecular flexibility index (Phi) is 4.86. The molecule has 0 unspecified atom stereocenters. The quantitative estimate of drug-likeness (QED) is 0.436. The molecule has 2 heterocycles. The second kappa shape index (κ2) is 6.83. The first kappa shape index (κ1) is 15.0. The van der Waals surface area contributed by atoms with Gasteiger partial charge in [0, 0.05) is 31.3 Å². The average Bonchev–Trinajstić information content (AvgIpc) is 2.98. The van der Waals surface area contributed by atoms with Crippen molar-refractivity contribution in [2.24, 2.45) is 5.11 Å². The van der Waals surface area contributed by atoms with Crippen LogP contribution in [0.3, 0.4) is 0 Å². The minimum absolute atomic E-state index is 0.111. The van der Waals surface area contributed by atoms with Gasteiger partial charge in [0.1, 0.15) is 0 Å². The molecular formula is C14H18N4O3. The Labute approximate surface area is 122 Å². The normalized spacial score (nSPS) is 14.2. The van der Waals surface area contributed by atoms with Crippen molar-refractivity contribution in [2.75, 3.05) is 6.54 Å². The molecule has 0 spiro atoms. The highest BCUT2D eigenvalue weighted by Gasteiger charge is 2.22. The van der Waals surface area contributed by atoms with Crippen molar-refractivity contribution in [1.82, 2.24) is 9.47 Å². The van der Waals surface area contributed by atoms with Crippen molar-refractivity contribution in [3.63, 3.8) is 0 Å². The van der Waals surface area contributed by atoms with Crippen molar-refractivity contribution >= 4 is 17.6 Å². The molecule has 0 bridgehead atoms. The van der Waals surface area contributed by atoms with Gasteiger partial charge in [-0.2, -0.15) is 0 Å². The number of hydrogen-bond acceptors (Lipinski definition) is 5. The maximum Gasteiger partial charge on any atom is 0.253 e. The summed E-state index contributed by atoms with van der Waals surface area (Å²) in [5, 5.41) is 12.9. The van der Waals surface area contributed by atoms with Crippen LogP contribution in [0, 0.1) is 5.53 Å². The van der Waals surface area contributed by atoms with Crippen molar-refractivity contribution in [3.05, 3.63) is 24.3 Å². The summed E-state index contributed by atoms with van der Waals surface area (Å²) in [7, 11) is 0. The number of nitrogens with zero attached hydrogens (tertiary/aromatic N) is 3. The molecule has 0 aromatic carbocycles. The number of rotatable bonds is 8. The van der Waals surface area contributed by atoms with Crippen LogP contribution in [0.25, 0.3) is 0 Å². The molecule has 0 fully saturated rings. The maximum atomic E-state index is 11.3. The summed E-state index contributed by atoms with van der Waals surface area (Å²) in [5.74, 6) is 0.0742. The first-order valence-corrected chi connectivity index (χ1v) is 6.93. The first-order chi connectivity index (χ1) is 10.1. The lowest BCUT2D eigenvalue weighted by Crippen LogP contribution is -2.30. The third-order valence-electron chi connectivity index (χ3n) is 3.46. The predicted molar refractivity (Wildman–Crippen MR) is 75.2 cm³/mol. The Morgan fingerprint density at radius 2 is 1.62 bits per heavy atom. The Morgan fingerprint density at radius 1 is 1.00 bits per heavy atom. The summed E-state index contributed by atoms with van der Waals surface area (Å²) >= 11 is 0. The molecule has 1 aliphatic rings. The van der Waals surface area contributed by atoms with Crippen molar-refractivity contribution in [1.29, 1.82) is 5.53 Å². The van der Waals surface area contributed by atoms with Gasteiger partial charge in [-0.05, 0) is 18.9 Å². The first-order valence-electron chi connectivity index (χ1n) is 6.93. The third kappa shape index (κ3) is 3.56. The van der Waals surface area contributed by atoms with E-state index < -0.39 is 0 Å². The number of aromatic nitrogens is 1. The van der Waals surface area contributed by atoms with Crippen LogP contribution in [0.4, 0.5) is 5.82 Å². The highest BCUT2D eigenvalue weighted by Crippen LogP contribution is 2.23. The second-order valence-corrected chi connectivity index (χ2v) is 4.89. The van der Waals surface area contributed by atoms with Crippen LogP contribution in [0.1, 0.15) is 25.7 Å². The van der Waals surface area contributed by atoms with Crippen LogP contribution in [0.5, 0.6) is 5.88 Å². The van der Waals surface area contributed by atoms with Gasteiger partial charge in [0.2, 0.25) is 0 Å². The molecule has 2 amide bonds. The minimum atomic E-state index is -0.237. The zero-order chi connectivity index (χ0) is 15.2. The molecule has 112 valence electrons. The molecule has 0 saturated heterocycles. The van der Waals surface area contributed by atoms with Gasteiger partial charge < -0.3 is 5.11 Å². The highest BCUT2D eigenvalue weighted by atomic mass is 16.3. The smallest absolute Gasteiger partial charge is 0.253 e. The van der Waals surface area contributed by atoms with Crippen LogP contribution in [0.2, 0.25) is 0 Å². The summed E-state index contributed by atoms with van der Waals surface area (Å²) < 4.78 is 1.59. The number of hydrogen-bond donors (Lipinski definition) is 2. The topological polar surface area (TPSA) is 98.8 Å². The molecule has 1 aromatic rings. The van der Waals surface area contributed by atoms with Gasteiger partial charge in [0.05, 0.1) is 0 Å². The summed E-state index contributed by atoms with van der Waals surface area (Å²) in [4.78, 5) is 23.9. The summed E-state index contributed by atoms with van der Waals surface area (Å²) in [6.07, 6.45) is 6.01. The lowest BCUT2D eigenvalue weighted by Gasteiger charge is -2.13. The van der Waals surface area contributed by atoms with Gasteiger partial charge in [-0.15, -0.1) is 5.11 Å². The van der Waals surface area contributed by atoms with Gasteiger partial charge in [-0.25, -0.2) is 5.53 Å². The zero-order valence-electron chi connectivity index (χ0n) is 11.7. The SMILES string of the molecule is N=Nc1ccc(O)n1CCCCCCN1C(=O)C=CC1=O. The van der Waals surface area contributed by atoms with Crippen LogP contribution in [0.15, 0.2) is 29.4 Å². The highest BCUT2D eigenvalue weighted by molar-refractivity contribution is 6.12. The summed E-state index contributed by atoms with van der Waals surface area (Å²) in [6.45, 7) is 1.05. The Hall–Kier alpha value is -2.44. The number of aromatic hydroxyl groups is 1. The molecule has 7 nitrogen and oxygen atoms in total. The number of nitrogens with one attached hydrogen (secondary N) is 1. The number of carbonyl (C=O) groups is 2. The van der Waals surface area contributed by atoms with E-state index in [4.69, 9.17) is 5.53 Å². The molecule has 2 N–H and O–H groups in total. The van der Waals surface area contributed by atoms with E-state index in [1.165, 1.54) is 23.1 Å². The van der Waals surface area contributed by atoms with E-state index in [9.17, 15) is 14.7 Å². The molecule has 1 aromatic heterocycles. The van der Waals surface area contributed by atoms with Crippen molar-refractivity contribution < 1.29 is 14.7 Å². The summed E-state index contributed by atoms with van der Waals surface area (Å²) in [5.41, 5.74) is 7.00. The van der Waals surface area contributed by atoms with E-state index in [0.717, 1.165) is 25.7 Å². The average molecular weight is 290 g/mol. The number of unbranched alkanes of at least 4 members (excludes halogenated alkanes) is 3. The van der Waals surface area contributed by atoms with Crippen molar-refractivity contribution in [2.45, 2.75) is 32.2 Å². The van der Waals surface area contributed by atoms with E-state index in [1.807, 2.05) is 0 Å². The van der Waals surface area contributed by atoms with Gasteiger partial charge in [-0.3, -0.25) is 19.1 Å². The van der Waals surface area contributed by atoms with Crippen LogP contribution < -0.4 is 0 Å². The van der Waals surface area contributed by atoms with Crippen LogP contribution in [-0.4, -0.2) is 32.9 Å². The predicted octanol–water partition coefficient (Wildman–Crippen LogP) is 2.34. The molecule has 0 aliphatic carbocycles. The monoisotopic (exact) mass is 290 g/mol. The molecule has 7 heteroatoms. The van der Waals surface area contributed by atoms with Crippen molar-refractivity contribution in [3.8, 4) is 5.88 Å². The largest absolute Gasteiger partial charge is 0.494 e. The van der Waals surface area contributed by atoms with E-state index in [1.54, 1.807) is 10.6 Å². The van der Waals surface area contributed by atoms with Gasteiger partial charge in [0.15, 0.2) is 11.7 Å². The molecule has 0 atom stereocenters. The second-order valence-electron chi connectivity index (χ2n) is 4.89. The lowest BCUT2D eigenvalue weighted by molar-refractivity contribution is -0.136. The van der Waals surface area contributed by atoms with E-state index >= 15 is 0 Å². The van der Waals surface area contributed by atoms with Gasteiger partial charge in [0.25, 0.3) is 11.8 Å². The van der Waals surface area contributed by atoms with E-state index in [0.29, 0.717) is 18.9 Å². The standard InChI is InChI=1S/C14H18N4O3/c15-16-11-5-6-12(19)17(11)9-3-1-2-4-10-18-13(20)7-8-14(18)21/h5-8,15,19H,1-4,9-10H2. The summed E-state index contributed by atoms with van der Waals surface area (Å²) in [6, 6.07) is 3.12. The van der Waals surface area contributed by atoms with Gasteiger partial charge in [-0.1, -0.05) is 12.8 Å². The molecule has 21 heavy (non-hydrogen) atoms. The fourth-order valence-electron chi connectivity index (χ4n) is 2.32.